The van der Waals surface area contributed by atoms with Crippen LogP contribution in [0.4, 0.5) is 5.69 Å². The summed E-state index contributed by atoms with van der Waals surface area (Å²) in [6, 6.07) is 4.96. The van der Waals surface area contributed by atoms with Crippen molar-refractivity contribution in [3.8, 4) is 0 Å². The van der Waals surface area contributed by atoms with Gasteiger partial charge in [-0.3, -0.25) is 0 Å². The Hall–Kier alpha value is -0.740. The average Bonchev–Trinajstić information content (AvgIpc) is 2.22. The molecule has 3 nitrogen and oxygen atoms in total. The fourth-order valence-electron chi connectivity index (χ4n) is 1.08. The van der Waals surface area contributed by atoms with Crippen molar-refractivity contribution in [2.24, 2.45) is 0 Å². The van der Waals surface area contributed by atoms with E-state index in [2.05, 4.69) is 26.0 Å². The molecule has 0 heterocycles. The number of esters is 1. The molecule has 0 aliphatic heterocycles. The van der Waals surface area contributed by atoms with Gasteiger partial charge in [0.2, 0.25) is 0 Å². The van der Waals surface area contributed by atoms with Gasteiger partial charge >= 0.3 is 5.97 Å². The van der Waals surface area contributed by atoms with E-state index in [4.69, 9.17) is 11.6 Å². The first kappa shape index (κ1) is 12.3. The van der Waals surface area contributed by atoms with Crippen LogP contribution in [0.3, 0.4) is 0 Å². The smallest absolute Gasteiger partial charge is 0.327 e. The molecule has 1 N–H and O–H groups in total. The van der Waals surface area contributed by atoms with Crippen LogP contribution in [0, 0.1) is 0 Å². The van der Waals surface area contributed by atoms with Crippen molar-refractivity contribution in [3.63, 3.8) is 0 Å². The summed E-state index contributed by atoms with van der Waals surface area (Å²) in [5.41, 5.74) is 0.698. The number of carbonyl (C=O) groups is 1. The molecule has 1 atom stereocenters. The van der Waals surface area contributed by atoms with Gasteiger partial charge in [-0.25, -0.2) is 4.79 Å². The molecule has 0 amide bonds. The molecule has 0 spiro atoms. The largest absolute Gasteiger partial charge is 0.467 e. The molecule has 0 saturated heterocycles. The zero-order chi connectivity index (χ0) is 11.4. The Morgan fingerprint density at radius 3 is 2.87 bits per heavy atom. The van der Waals surface area contributed by atoms with Crippen LogP contribution in [0.5, 0.6) is 0 Å². The normalized spacial score (nSPS) is 12.0. The highest BCUT2D eigenvalue weighted by Gasteiger charge is 2.13. The number of anilines is 1. The molecule has 0 radical (unpaired) electrons. The standard InChI is InChI=1S/C10H11BrClNO2/c1-6(10(14)15-2)13-9-5-7(11)3-4-8(9)12/h3-6,13H,1-2H3. The molecule has 0 fully saturated rings. The lowest BCUT2D eigenvalue weighted by atomic mass is 10.2. The molecule has 0 bridgehead atoms. The van der Waals surface area contributed by atoms with E-state index in [9.17, 15) is 4.79 Å². The molecule has 5 heteroatoms. The second-order valence-electron chi connectivity index (χ2n) is 3.01. The maximum atomic E-state index is 11.2. The summed E-state index contributed by atoms with van der Waals surface area (Å²) in [7, 11) is 1.35. The number of hydrogen-bond acceptors (Lipinski definition) is 3. The molecule has 1 aromatic carbocycles. The van der Waals surface area contributed by atoms with Gasteiger partial charge < -0.3 is 10.1 Å². The molecule has 1 aromatic rings. The summed E-state index contributed by atoms with van der Waals surface area (Å²) in [6.45, 7) is 1.71. The van der Waals surface area contributed by atoms with Crippen LogP contribution in [0.25, 0.3) is 0 Å². The Balaban J connectivity index is 2.80. The second-order valence-corrected chi connectivity index (χ2v) is 4.34. The van der Waals surface area contributed by atoms with Crippen molar-refractivity contribution in [2.45, 2.75) is 13.0 Å². The van der Waals surface area contributed by atoms with Gasteiger partial charge in [0.1, 0.15) is 6.04 Å². The summed E-state index contributed by atoms with van der Waals surface area (Å²) in [4.78, 5) is 11.2. The Labute approximate surface area is 102 Å². The van der Waals surface area contributed by atoms with Gasteiger partial charge in [0.25, 0.3) is 0 Å². The van der Waals surface area contributed by atoms with E-state index >= 15 is 0 Å². The van der Waals surface area contributed by atoms with Crippen molar-refractivity contribution in [2.75, 3.05) is 12.4 Å². The Morgan fingerprint density at radius 2 is 2.27 bits per heavy atom. The average molecular weight is 293 g/mol. The van der Waals surface area contributed by atoms with Gasteiger partial charge in [-0.2, -0.15) is 0 Å². The van der Waals surface area contributed by atoms with Crippen LogP contribution in [0.15, 0.2) is 22.7 Å². The summed E-state index contributed by atoms with van der Waals surface area (Å²) in [5.74, 6) is -0.328. The number of benzene rings is 1. The number of rotatable bonds is 3. The van der Waals surface area contributed by atoms with Crippen molar-refractivity contribution >= 4 is 39.2 Å². The summed E-state index contributed by atoms with van der Waals surface area (Å²) >= 11 is 9.28. The molecule has 0 aliphatic carbocycles. The number of carbonyl (C=O) groups excluding carboxylic acids is 1. The predicted molar refractivity (Wildman–Crippen MR) is 64.3 cm³/mol. The minimum Gasteiger partial charge on any atom is -0.467 e. The summed E-state index contributed by atoms with van der Waals surface area (Å²) in [5, 5.41) is 3.53. The van der Waals surface area contributed by atoms with Crippen LogP contribution in [-0.4, -0.2) is 19.1 Å². The highest BCUT2D eigenvalue weighted by atomic mass is 79.9. The third kappa shape index (κ3) is 3.39. The predicted octanol–water partition coefficient (Wildman–Crippen LogP) is 3.08. The highest BCUT2D eigenvalue weighted by Crippen LogP contribution is 2.26. The molecule has 1 rings (SSSR count). The molecule has 1 unspecified atom stereocenters. The minimum absolute atomic E-state index is 0.328. The van der Waals surface area contributed by atoms with E-state index in [1.165, 1.54) is 7.11 Å². The Morgan fingerprint density at radius 1 is 1.60 bits per heavy atom. The minimum atomic E-state index is -0.429. The van der Waals surface area contributed by atoms with Crippen LogP contribution < -0.4 is 5.32 Å². The maximum Gasteiger partial charge on any atom is 0.327 e. The van der Waals surface area contributed by atoms with Crippen molar-refractivity contribution < 1.29 is 9.53 Å². The lowest BCUT2D eigenvalue weighted by molar-refractivity contribution is -0.141. The third-order valence-corrected chi connectivity index (χ3v) is 2.68. The number of ether oxygens (including phenoxy) is 1. The van der Waals surface area contributed by atoms with Gasteiger partial charge in [0.05, 0.1) is 17.8 Å². The summed E-state index contributed by atoms with van der Waals surface area (Å²) < 4.78 is 5.49. The van der Waals surface area contributed by atoms with Crippen LogP contribution in [-0.2, 0) is 9.53 Å². The van der Waals surface area contributed by atoms with Crippen LogP contribution in [0.1, 0.15) is 6.92 Å². The van der Waals surface area contributed by atoms with Gasteiger partial charge in [-0.05, 0) is 25.1 Å². The number of nitrogens with one attached hydrogen (secondary N) is 1. The van der Waals surface area contributed by atoms with Gasteiger partial charge in [-0.15, -0.1) is 0 Å². The SMILES string of the molecule is COC(=O)C(C)Nc1cc(Br)ccc1Cl. The quantitative estimate of drug-likeness (QED) is 0.870. The lowest BCUT2D eigenvalue weighted by Gasteiger charge is -2.14. The van der Waals surface area contributed by atoms with Crippen molar-refractivity contribution in [1.82, 2.24) is 0 Å². The van der Waals surface area contributed by atoms with E-state index in [-0.39, 0.29) is 5.97 Å². The second kappa shape index (κ2) is 5.37. The van der Waals surface area contributed by atoms with E-state index in [0.29, 0.717) is 10.7 Å². The fourth-order valence-corrected chi connectivity index (χ4v) is 1.61. The van der Waals surface area contributed by atoms with Crippen molar-refractivity contribution in [3.05, 3.63) is 27.7 Å². The molecule has 0 aliphatic rings. The molecule has 0 saturated carbocycles. The van der Waals surface area contributed by atoms with E-state index in [1.54, 1.807) is 13.0 Å². The highest BCUT2D eigenvalue weighted by molar-refractivity contribution is 9.10. The topological polar surface area (TPSA) is 38.3 Å². The molecule has 15 heavy (non-hydrogen) atoms. The maximum absolute atomic E-state index is 11.2. The number of halogens is 2. The van der Waals surface area contributed by atoms with Gasteiger partial charge in [0.15, 0.2) is 0 Å². The Bertz CT molecular complexity index is 370. The molecule has 82 valence electrons. The molecular weight excluding hydrogens is 281 g/mol. The van der Waals surface area contributed by atoms with E-state index in [0.717, 1.165) is 4.47 Å². The summed E-state index contributed by atoms with van der Waals surface area (Å²) in [6.07, 6.45) is 0. The van der Waals surface area contributed by atoms with Gasteiger partial charge in [-0.1, -0.05) is 27.5 Å². The first-order chi connectivity index (χ1) is 7.04. The molecule has 0 aromatic heterocycles. The monoisotopic (exact) mass is 291 g/mol. The van der Waals surface area contributed by atoms with Crippen LogP contribution in [0.2, 0.25) is 5.02 Å². The van der Waals surface area contributed by atoms with Crippen LogP contribution >= 0.6 is 27.5 Å². The zero-order valence-electron chi connectivity index (χ0n) is 8.38. The first-order valence-electron chi connectivity index (χ1n) is 4.34. The zero-order valence-corrected chi connectivity index (χ0v) is 10.7. The lowest BCUT2D eigenvalue weighted by Crippen LogP contribution is -2.27. The first-order valence-corrected chi connectivity index (χ1v) is 5.51. The number of methoxy groups -OCH3 is 1. The third-order valence-electron chi connectivity index (χ3n) is 1.86. The Kier molecular flexibility index (Phi) is 4.42. The fraction of sp³-hybridized carbons (Fsp3) is 0.300. The van der Waals surface area contributed by atoms with E-state index < -0.39 is 6.04 Å². The van der Waals surface area contributed by atoms with Gasteiger partial charge in [0, 0.05) is 4.47 Å². The van der Waals surface area contributed by atoms with E-state index in [1.807, 2.05) is 12.1 Å². The number of hydrogen-bond donors (Lipinski definition) is 1. The molecular formula is C10H11BrClNO2. The van der Waals surface area contributed by atoms with Crippen molar-refractivity contribution in [1.29, 1.82) is 0 Å².